The minimum absolute atomic E-state index is 0.138. The summed E-state index contributed by atoms with van der Waals surface area (Å²) in [4.78, 5) is 15.0. The molecule has 1 aromatic carbocycles. The van der Waals surface area contributed by atoms with Crippen LogP contribution >= 0.6 is 0 Å². The zero-order valence-electron chi connectivity index (χ0n) is 14.9. The van der Waals surface area contributed by atoms with E-state index >= 15 is 0 Å². The van der Waals surface area contributed by atoms with Gasteiger partial charge in [0.05, 0.1) is 18.1 Å². The minimum atomic E-state index is -0.511. The van der Waals surface area contributed by atoms with Crippen molar-refractivity contribution >= 4 is 11.4 Å². The van der Waals surface area contributed by atoms with Gasteiger partial charge in [0.2, 0.25) is 0 Å². The lowest BCUT2D eigenvalue weighted by atomic mass is 9.94. The van der Waals surface area contributed by atoms with E-state index in [1.54, 1.807) is 0 Å². The largest absolute Gasteiger partial charge is 0.378 e. The SMILES string of the molecule is C[C@H]1COC[C@H](C)N1CC1CCN(c2c(F)cccc2[N+](=O)[O-])CC1. The molecule has 0 unspecified atom stereocenters. The number of benzene rings is 1. The lowest BCUT2D eigenvalue weighted by Gasteiger charge is -2.42. The lowest BCUT2D eigenvalue weighted by Crippen LogP contribution is -2.52. The fraction of sp³-hybridized carbons (Fsp3) is 0.667. The molecule has 7 heteroatoms. The second-order valence-electron chi connectivity index (χ2n) is 7.23. The molecule has 2 aliphatic rings. The minimum Gasteiger partial charge on any atom is -0.378 e. The molecule has 0 saturated carbocycles. The lowest BCUT2D eigenvalue weighted by molar-refractivity contribution is -0.384. The maximum Gasteiger partial charge on any atom is 0.295 e. The first kappa shape index (κ1) is 18.1. The Morgan fingerprint density at radius 3 is 2.48 bits per heavy atom. The molecule has 2 saturated heterocycles. The number of halogens is 1. The van der Waals surface area contributed by atoms with E-state index in [1.165, 1.54) is 18.2 Å². The topological polar surface area (TPSA) is 58.8 Å². The van der Waals surface area contributed by atoms with Crippen LogP contribution in [0.25, 0.3) is 0 Å². The Labute approximate surface area is 147 Å². The molecule has 2 fully saturated rings. The van der Waals surface area contributed by atoms with E-state index in [4.69, 9.17) is 4.74 Å². The number of anilines is 1. The van der Waals surface area contributed by atoms with Crippen molar-refractivity contribution in [3.05, 3.63) is 34.1 Å². The molecule has 6 nitrogen and oxygen atoms in total. The molecule has 0 radical (unpaired) electrons. The van der Waals surface area contributed by atoms with E-state index in [2.05, 4.69) is 18.7 Å². The number of para-hydroxylation sites is 1. The third-order valence-electron chi connectivity index (χ3n) is 5.41. The van der Waals surface area contributed by atoms with Gasteiger partial charge in [0, 0.05) is 37.8 Å². The second-order valence-corrected chi connectivity index (χ2v) is 7.23. The smallest absolute Gasteiger partial charge is 0.295 e. The number of hydrogen-bond acceptors (Lipinski definition) is 5. The van der Waals surface area contributed by atoms with Gasteiger partial charge in [0.25, 0.3) is 5.69 Å². The molecule has 0 amide bonds. The van der Waals surface area contributed by atoms with Crippen LogP contribution in [-0.4, -0.2) is 54.8 Å². The summed E-state index contributed by atoms with van der Waals surface area (Å²) in [5.74, 6) is 0.0214. The van der Waals surface area contributed by atoms with Crippen molar-refractivity contribution in [1.29, 1.82) is 0 Å². The van der Waals surface area contributed by atoms with Crippen LogP contribution in [-0.2, 0) is 4.74 Å². The normalized spacial score (nSPS) is 26.0. The molecule has 25 heavy (non-hydrogen) atoms. The van der Waals surface area contributed by atoms with Gasteiger partial charge in [0.1, 0.15) is 0 Å². The van der Waals surface area contributed by atoms with Gasteiger partial charge in [-0.05, 0) is 38.7 Å². The number of nitrogens with zero attached hydrogens (tertiary/aromatic N) is 3. The first-order chi connectivity index (χ1) is 12.0. The van der Waals surface area contributed by atoms with Crippen LogP contribution in [0.2, 0.25) is 0 Å². The average molecular weight is 351 g/mol. The van der Waals surface area contributed by atoms with E-state index in [9.17, 15) is 14.5 Å². The van der Waals surface area contributed by atoms with Gasteiger partial charge in [-0.15, -0.1) is 0 Å². The van der Waals surface area contributed by atoms with Crippen LogP contribution < -0.4 is 4.90 Å². The summed E-state index contributed by atoms with van der Waals surface area (Å²) in [5, 5.41) is 11.2. The van der Waals surface area contributed by atoms with Crippen LogP contribution in [0.3, 0.4) is 0 Å². The molecule has 0 N–H and O–H groups in total. The van der Waals surface area contributed by atoms with Crippen molar-refractivity contribution in [2.45, 2.75) is 38.8 Å². The first-order valence-electron chi connectivity index (χ1n) is 8.98. The number of piperidine rings is 1. The van der Waals surface area contributed by atoms with Crippen molar-refractivity contribution in [2.24, 2.45) is 5.92 Å². The highest BCUT2D eigenvalue weighted by Crippen LogP contribution is 2.34. The number of nitro benzene ring substituents is 1. The van der Waals surface area contributed by atoms with Gasteiger partial charge in [-0.3, -0.25) is 15.0 Å². The molecule has 0 bridgehead atoms. The maximum atomic E-state index is 14.2. The number of morpholine rings is 1. The summed E-state index contributed by atoms with van der Waals surface area (Å²) < 4.78 is 19.8. The van der Waals surface area contributed by atoms with Gasteiger partial charge >= 0.3 is 0 Å². The van der Waals surface area contributed by atoms with Crippen LogP contribution in [0.15, 0.2) is 18.2 Å². The molecular formula is C18H26FN3O3. The molecule has 2 aliphatic heterocycles. The Kier molecular flexibility index (Phi) is 5.54. The maximum absolute atomic E-state index is 14.2. The average Bonchev–Trinajstić information content (AvgIpc) is 2.59. The molecule has 3 rings (SSSR count). The summed E-state index contributed by atoms with van der Waals surface area (Å²) >= 11 is 0. The third-order valence-corrected chi connectivity index (χ3v) is 5.41. The van der Waals surface area contributed by atoms with Crippen molar-refractivity contribution in [1.82, 2.24) is 4.90 Å². The molecular weight excluding hydrogens is 325 g/mol. The summed E-state index contributed by atoms with van der Waals surface area (Å²) in [5.41, 5.74) is -0.00654. The van der Waals surface area contributed by atoms with Gasteiger partial charge in [-0.2, -0.15) is 0 Å². The fourth-order valence-corrected chi connectivity index (χ4v) is 4.00. The van der Waals surface area contributed by atoms with E-state index in [0.29, 0.717) is 31.1 Å². The van der Waals surface area contributed by atoms with Crippen molar-refractivity contribution in [2.75, 3.05) is 37.7 Å². The Morgan fingerprint density at radius 2 is 1.88 bits per heavy atom. The zero-order chi connectivity index (χ0) is 18.0. The molecule has 1 aromatic rings. The highest BCUT2D eigenvalue weighted by molar-refractivity contribution is 5.64. The van der Waals surface area contributed by atoms with Gasteiger partial charge < -0.3 is 9.64 Å². The monoisotopic (exact) mass is 351 g/mol. The summed E-state index contributed by atoms with van der Waals surface area (Å²) in [6.07, 6.45) is 1.84. The molecule has 0 aromatic heterocycles. The fourth-order valence-electron chi connectivity index (χ4n) is 4.00. The summed E-state index contributed by atoms with van der Waals surface area (Å²) in [7, 11) is 0. The molecule has 2 atom stereocenters. The number of ether oxygens (including phenoxy) is 1. The first-order valence-corrected chi connectivity index (χ1v) is 8.98. The molecule has 0 aliphatic carbocycles. The number of nitro groups is 1. The zero-order valence-corrected chi connectivity index (χ0v) is 14.9. The number of rotatable bonds is 4. The van der Waals surface area contributed by atoms with Crippen LogP contribution in [0, 0.1) is 21.8 Å². The third kappa shape index (κ3) is 3.93. The van der Waals surface area contributed by atoms with Crippen molar-refractivity contribution in [3.8, 4) is 0 Å². The van der Waals surface area contributed by atoms with Crippen LogP contribution in [0.5, 0.6) is 0 Å². The Bertz CT molecular complexity index is 610. The predicted molar refractivity (Wildman–Crippen MR) is 94.4 cm³/mol. The van der Waals surface area contributed by atoms with Crippen LogP contribution in [0.1, 0.15) is 26.7 Å². The molecule has 0 spiro atoms. The Morgan fingerprint density at radius 1 is 1.24 bits per heavy atom. The molecule has 138 valence electrons. The number of hydrogen-bond donors (Lipinski definition) is 0. The van der Waals surface area contributed by atoms with E-state index < -0.39 is 10.7 Å². The Balaban J connectivity index is 1.64. The van der Waals surface area contributed by atoms with Gasteiger partial charge in [-0.25, -0.2) is 4.39 Å². The van der Waals surface area contributed by atoms with Gasteiger partial charge in [0.15, 0.2) is 11.5 Å². The van der Waals surface area contributed by atoms with Crippen LogP contribution in [0.4, 0.5) is 15.8 Å². The highest BCUT2D eigenvalue weighted by Gasteiger charge is 2.31. The quantitative estimate of drug-likeness (QED) is 0.616. The van der Waals surface area contributed by atoms with E-state index in [1.807, 2.05) is 4.90 Å². The molecule has 2 heterocycles. The van der Waals surface area contributed by atoms with E-state index in [0.717, 1.165) is 32.6 Å². The standard InChI is InChI=1S/C18H26FN3O3/c1-13-11-25-12-14(2)21(13)10-15-6-8-20(9-7-15)18-16(19)4-3-5-17(18)22(23)24/h3-5,13-15H,6-12H2,1-2H3/t13-,14-/m0/s1. The summed E-state index contributed by atoms with van der Waals surface area (Å²) in [6.45, 7) is 8.23. The summed E-state index contributed by atoms with van der Waals surface area (Å²) in [6, 6.07) is 4.89. The highest BCUT2D eigenvalue weighted by atomic mass is 19.1. The van der Waals surface area contributed by atoms with Crippen molar-refractivity contribution in [3.63, 3.8) is 0 Å². The van der Waals surface area contributed by atoms with E-state index in [-0.39, 0.29) is 11.4 Å². The van der Waals surface area contributed by atoms with Crippen molar-refractivity contribution < 1.29 is 14.1 Å². The Hall–Kier alpha value is -1.73. The predicted octanol–water partition coefficient (Wildman–Crippen LogP) is 3.06. The second kappa shape index (κ2) is 7.66. The van der Waals surface area contributed by atoms with Gasteiger partial charge in [-0.1, -0.05) is 6.07 Å².